The molecule has 36 heavy (non-hydrogen) atoms. The predicted octanol–water partition coefficient (Wildman–Crippen LogP) is 1.89. The van der Waals surface area contributed by atoms with Gasteiger partial charge >= 0.3 is 5.97 Å². The fourth-order valence-corrected chi connectivity index (χ4v) is 4.37. The van der Waals surface area contributed by atoms with Crippen molar-refractivity contribution in [2.24, 2.45) is 5.73 Å². The van der Waals surface area contributed by atoms with E-state index in [9.17, 15) is 9.90 Å². The van der Waals surface area contributed by atoms with Gasteiger partial charge < -0.3 is 30.8 Å². The van der Waals surface area contributed by atoms with Gasteiger partial charge in [0, 0.05) is 0 Å². The molecule has 11 nitrogen and oxygen atoms in total. The molecule has 2 aromatic carbocycles. The van der Waals surface area contributed by atoms with Gasteiger partial charge in [-0.3, -0.25) is 4.57 Å². The van der Waals surface area contributed by atoms with Crippen molar-refractivity contribution in [3.8, 4) is 0 Å². The highest BCUT2D eigenvalue weighted by atomic mass is 16.6. The van der Waals surface area contributed by atoms with Crippen molar-refractivity contribution in [2.75, 3.05) is 12.3 Å². The average molecular weight is 491 g/mol. The van der Waals surface area contributed by atoms with Gasteiger partial charge in [0.1, 0.15) is 17.9 Å². The summed E-state index contributed by atoms with van der Waals surface area (Å²) in [6.45, 7) is 0.0513. The lowest BCUT2D eigenvalue weighted by molar-refractivity contribution is -0.194. The molecule has 5 N–H and O–H groups in total. The molecule has 2 unspecified atom stereocenters. The molecule has 186 valence electrons. The molecule has 1 aliphatic heterocycles. The van der Waals surface area contributed by atoms with Crippen LogP contribution in [0.5, 0.6) is 0 Å². The Bertz CT molecular complexity index is 1330. The monoisotopic (exact) mass is 490 g/mol. The van der Waals surface area contributed by atoms with Crippen molar-refractivity contribution in [2.45, 2.75) is 37.2 Å². The Hall–Kier alpha value is -3.90. The topological polar surface area (TPSA) is 161 Å². The van der Waals surface area contributed by atoms with Crippen LogP contribution >= 0.6 is 0 Å². The number of nitrogens with zero attached hydrogens (tertiary/aromatic N) is 4. The summed E-state index contributed by atoms with van der Waals surface area (Å²) in [7, 11) is 0. The van der Waals surface area contributed by atoms with E-state index in [0.717, 1.165) is 11.1 Å². The van der Waals surface area contributed by atoms with Gasteiger partial charge in [0.15, 0.2) is 17.7 Å². The number of ether oxygens (including phenoxy) is 3. The first-order valence-electron chi connectivity index (χ1n) is 11.4. The highest BCUT2D eigenvalue weighted by molar-refractivity contribution is 5.82. The number of benzene rings is 2. The highest BCUT2D eigenvalue weighted by Gasteiger charge is 2.61. The second kappa shape index (κ2) is 9.99. The standard InChI is InChI=1S/C25H26N6O5/c26-18-20(35-12-17-9-5-2-6-10-17)25(24(32)33,13-34-11-16-7-3-1-4-8-16)36-23(18)31-15-30-19-21(27)28-14-29-22(19)31/h1-10,14-15,18,20,23H,11-13,26H2,(H,32,33)(H2,27,28,29)/t18?,20?,23-,25-/m1/s1. The largest absolute Gasteiger partial charge is 0.479 e. The minimum Gasteiger partial charge on any atom is -0.479 e. The van der Waals surface area contributed by atoms with Gasteiger partial charge in [0.05, 0.1) is 32.2 Å². The highest BCUT2D eigenvalue weighted by Crippen LogP contribution is 2.40. The van der Waals surface area contributed by atoms with Crippen molar-refractivity contribution in [1.29, 1.82) is 0 Å². The molecule has 0 saturated carbocycles. The molecule has 3 heterocycles. The van der Waals surface area contributed by atoms with E-state index in [0.29, 0.717) is 11.2 Å². The maximum atomic E-state index is 12.8. The van der Waals surface area contributed by atoms with Gasteiger partial charge in [-0.2, -0.15) is 0 Å². The number of nitrogens with two attached hydrogens (primary N) is 2. The number of aromatic nitrogens is 4. The normalized spacial score (nSPS) is 23.8. The van der Waals surface area contributed by atoms with Crippen LogP contribution in [0.3, 0.4) is 0 Å². The molecular weight excluding hydrogens is 464 g/mol. The first-order chi connectivity index (χ1) is 17.5. The van der Waals surface area contributed by atoms with Gasteiger partial charge in [-0.1, -0.05) is 60.7 Å². The number of aliphatic carboxylic acids is 1. The van der Waals surface area contributed by atoms with Gasteiger partial charge in [0.2, 0.25) is 5.60 Å². The third-order valence-electron chi connectivity index (χ3n) is 6.19. The van der Waals surface area contributed by atoms with E-state index in [2.05, 4.69) is 15.0 Å². The molecule has 11 heteroatoms. The van der Waals surface area contributed by atoms with Gasteiger partial charge in [0.25, 0.3) is 0 Å². The molecule has 0 spiro atoms. The smallest absolute Gasteiger partial charge is 0.341 e. The first-order valence-corrected chi connectivity index (χ1v) is 11.4. The summed E-state index contributed by atoms with van der Waals surface area (Å²) in [4.78, 5) is 25.2. The fraction of sp³-hybridized carbons (Fsp3) is 0.280. The fourth-order valence-electron chi connectivity index (χ4n) is 4.37. The molecule has 2 aromatic heterocycles. The third kappa shape index (κ3) is 4.40. The first kappa shape index (κ1) is 23.8. The minimum atomic E-state index is -1.89. The second-order valence-electron chi connectivity index (χ2n) is 8.56. The van der Waals surface area contributed by atoms with E-state index in [1.165, 1.54) is 12.7 Å². The summed E-state index contributed by atoms with van der Waals surface area (Å²) < 4.78 is 19.8. The van der Waals surface area contributed by atoms with E-state index in [-0.39, 0.29) is 25.6 Å². The minimum absolute atomic E-state index is 0.142. The SMILES string of the molecule is Nc1ncnc2c1ncn2[C@@H]1O[C@@](COCc2ccccc2)(C(=O)O)C(OCc2ccccc2)C1N. The van der Waals surface area contributed by atoms with Crippen LogP contribution in [0.2, 0.25) is 0 Å². The van der Waals surface area contributed by atoms with E-state index < -0.39 is 29.9 Å². The summed E-state index contributed by atoms with van der Waals surface area (Å²) in [6.07, 6.45) is 0.749. The Balaban J connectivity index is 1.47. The summed E-state index contributed by atoms with van der Waals surface area (Å²) in [5.41, 5.74) is 13.1. The lowest BCUT2D eigenvalue weighted by atomic mass is 9.94. The van der Waals surface area contributed by atoms with Crippen LogP contribution < -0.4 is 11.5 Å². The number of rotatable bonds is 9. The average Bonchev–Trinajstić information content (AvgIpc) is 3.44. The Kier molecular flexibility index (Phi) is 6.61. The summed E-state index contributed by atoms with van der Waals surface area (Å²) in [5.74, 6) is -1.05. The number of carboxylic acids is 1. The van der Waals surface area contributed by atoms with Crippen molar-refractivity contribution in [1.82, 2.24) is 19.5 Å². The maximum Gasteiger partial charge on any atom is 0.341 e. The quantitative estimate of drug-likeness (QED) is 0.316. The molecule has 0 radical (unpaired) electrons. The molecule has 0 aliphatic carbocycles. The summed E-state index contributed by atoms with van der Waals surface area (Å²) in [5, 5.41) is 10.4. The van der Waals surface area contributed by atoms with Crippen LogP contribution in [0.1, 0.15) is 17.4 Å². The molecule has 1 saturated heterocycles. The number of anilines is 1. The van der Waals surface area contributed by atoms with E-state index in [1.54, 1.807) is 4.57 Å². The van der Waals surface area contributed by atoms with Crippen molar-refractivity contribution in [3.05, 3.63) is 84.4 Å². The summed E-state index contributed by atoms with van der Waals surface area (Å²) >= 11 is 0. The molecule has 4 aromatic rings. The van der Waals surface area contributed by atoms with Crippen LogP contribution in [0, 0.1) is 0 Å². The van der Waals surface area contributed by atoms with Crippen LogP contribution in [-0.2, 0) is 32.2 Å². The van der Waals surface area contributed by atoms with Gasteiger partial charge in [-0.05, 0) is 11.1 Å². The van der Waals surface area contributed by atoms with Crippen LogP contribution in [-0.4, -0.2) is 54.9 Å². The van der Waals surface area contributed by atoms with E-state index in [4.69, 9.17) is 25.7 Å². The number of imidazole rings is 1. The number of hydrogen-bond donors (Lipinski definition) is 3. The molecule has 5 rings (SSSR count). The van der Waals surface area contributed by atoms with Crippen LogP contribution in [0.15, 0.2) is 73.3 Å². The van der Waals surface area contributed by atoms with Gasteiger partial charge in [-0.25, -0.2) is 19.7 Å². The molecule has 1 aliphatic rings. The molecule has 4 atom stereocenters. The zero-order chi connectivity index (χ0) is 25.1. The Morgan fingerprint density at radius 1 is 1.03 bits per heavy atom. The van der Waals surface area contributed by atoms with Crippen molar-refractivity contribution < 1.29 is 24.1 Å². The number of fused-ring (bicyclic) bond motifs is 1. The number of nitrogen functional groups attached to an aromatic ring is 1. The maximum absolute atomic E-state index is 12.8. The van der Waals surface area contributed by atoms with Crippen LogP contribution in [0.4, 0.5) is 5.82 Å². The number of carbonyl (C=O) groups is 1. The third-order valence-corrected chi connectivity index (χ3v) is 6.19. The zero-order valence-corrected chi connectivity index (χ0v) is 19.3. The Labute approximate surface area is 206 Å². The second-order valence-corrected chi connectivity index (χ2v) is 8.56. The Morgan fingerprint density at radius 2 is 1.69 bits per heavy atom. The lowest BCUT2D eigenvalue weighted by Crippen LogP contribution is -2.56. The zero-order valence-electron chi connectivity index (χ0n) is 19.3. The number of carboxylic acid groups (broad SMARTS) is 1. The molecule has 0 amide bonds. The lowest BCUT2D eigenvalue weighted by Gasteiger charge is -2.30. The molecule has 1 fully saturated rings. The molecular formula is C25H26N6O5. The number of hydrogen-bond acceptors (Lipinski definition) is 9. The van der Waals surface area contributed by atoms with Crippen molar-refractivity contribution >= 4 is 23.0 Å². The van der Waals surface area contributed by atoms with Crippen molar-refractivity contribution in [3.63, 3.8) is 0 Å². The molecule has 0 bridgehead atoms. The van der Waals surface area contributed by atoms with E-state index in [1.807, 2.05) is 60.7 Å². The Morgan fingerprint density at radius 3 is 2.36 bits per heavy atom. The summed E-state index contributed by atoms with van der Waals surface area (Å²) in [6, 6.07) is 18.0. The van der Waals surface area contributed by atoms with Crippen LogP contribution in [0.25, 0.3) is 11.2 Å². The van der Waals surface area contributed by atoms with E-state index >= 15 is 0 Å². The van der Waals surface area contributed by atoms with Gasteiger partial charge in [-0.15, -0.1) is 0 Å². The predicted molar refractivity (Wildman–Crippen MR) is 129 cm³/mol.